The van der Waals surface area contributed by atoms with E-state index < -0.39 is 0 Å². The molecule has 0 aliphatic heterocycles. The van der Waals surface area contributed by atoms with Gasteiger partial charge in [0.1, 0.15) is 10.6 Å². The first kappa shape index (κ1) is 26.3. The zero-order valence-corrected chi connectivity index (χ0v) is 21.4. The fraction of sp³-hybridized carbons (Fsp3) is 0.538. The van der Waals surface area contributed by atoms with Crippen LogP contribution in [-0.2, 0) is 4.74 Å². The number of carbonyl (C=O) groups is 1. The van der Waals surface area contributed by atoms with E-state index in [9.17, 15) is 4.79 Å². The van der Waals surface area contributed by atoms with Crippen molar-refractivity contribution >= 4 is 39.6 Å². The number of anilines is 1. The predicted molar refractivity (Wildman–Crippen MR) is 142 cm³/mol. The Labute approximate surface area is 203 Å². The molecule has 32 heavy (non-hydrogen) atoms. The number of thiocarbonyl (C=S) groups is 1. The maximum atomic E-state index is 12.6. The lowest BCUT2D eigenvalue weighted by Crippen LogP contribution is -2.29. The average Bonchev–Trinajstić information content (AvgIpc) is 3.12. The summed E-state index contributed by atoms with van der Waals surface area (Å²) in [7, 11) is 1.41. The van der Waals surface area contributed by atoms with Crippen molar-refractivity contribution in [2.24, 2.45) is 0 Å². The lowest BCUT2D eigenvalue weighted by molar-refractivity contribution is 0.0603. The number of nitrogens with one attached hydrogen (secondary N) is 2. The standard InChI is InChI=1S/C26H38N2O2S2/c1-4-5-6-7-8-9-10-11-12-16-19-27-26(31)28-24-23(25(29)30-3)22(20(2)32-24)21-17-14-13-15-18-21/h13-15,17-18H,4-12,16,19H2,1-3H3,(H2,27,28,31). The van der Waals surface area contributed by atoms with Gasteiger partial charge >= 0.3 is 5.97 Å². The van der Waals surface area contributed by atoms with Crippen LogP contribution in [0.2, 0.25) is 0 Å². The van der Waals surface area contributed by atoms with E-state index in [-0.39, 0.29) is 5.97 Å². The molecule has 0 unspecified atom stereocenters. The highest BCUT2D eigenvalue weighted by atomic mass is 32.1. The summed E-state index contributed by atoms with van der Waals surface area (Å²) >= 11 is 7.02. The van der Waals surface area contributed by atoms with Crippen LogP contribution in [0.5, 0.6) is 0 Å². The van der Waals surface area contributed by atoms with Crippen LogP contribution < -0.4 is 10.6 Å². The minimum atomic E-state index is -0.354. The lowest BCUT2D eigenvalue weighted by atomic mass is 10.0. The molecule has 6 heteroatoms. The summed E-state index contributed by atoms with van der Waals surface area (Å²) in [5.74, 6) is -0.354. The Kier molecular flexibility index (Phi) is 12.4. The molecule has 0 spiro atoms. The normalized spacial score (nSPS) is 10.7. The molecule has 0 amide bonds. The monoisotopic (exact) mass is 474 g/mol. The van der Waals surface area contributed by atoms with Gasteiger partial charge in [0.25, 0.3) is 0 Å². The summed E-state index contributed by atoms with van der Waals surface area (Å²) in [5, 5.41) is 7.79. The largest absolute Gasteiger partial charge is 0.465 e. The van der Waals surface area contributed by atoms with Crippen LogP contribution in [0.15, 0.2) is 30.3 Å². The molecule has 0 bridgehead atoms. The van der Waals surface area contributed by atoms with Gasteiger partial charge in [-0.3, -0.25) is 0 Å². The van der Waals surface area contributed by atoms with E-state index in [0.29, 0.717) is 10.7 Å². The predicted octanol–water partition coefficient (Wildman–Crippen LogP) is 7.72. The van der Waals surface area contributed by atoms with Crippen molar-refractivity contribution in [2.45, 2.75) is 78.1 Å². The van der Waals surface area contributed by atoms with Gasteiger partial charge in [-0.25, -0.2) is 4.79 Å². The second-order valence-electron chi connectivity index (χ2n) is 8.16. The Balaban J connectivity index is 1.79. The quantitative estimate of drug-likeness (QED) is 0.167. The van der Waals surface area contributed by atoms with E-state index in [1.54, 1.807) is 0 Å². The van der Waals surface area contributed by atoms with Crippen LogP contribution in [0.25, 0.3) is 11.1 Å². The maximum Gasteiger partial charge on any atom is 0.341 e. The number of hydrogen-bond donors (Lipinski definition) is 2. The minimum absolute atomic E-state index is 0.354. The molecule has 0 aliphatic rings. The molecule has 2 aromatic rings. The Hall–Kier alpha value is -1.92. The molecular weight excluding hydrogens is 436 g/mol. The molecule has 2 N–H and O–H groups in total. The highest BCUT2D eigenvalue weighted by molar-refractivity contribution is 7.80. The SMILES string of the molecule is CCCCCCCCCCCCNC(=S)Nc1sc(C)c(-c2ccccc2)c1C(=O)OC. The number of carbonyl (C=O) groups excluding carboxylic acids is 1. The fourth-order valence-electron chi connectivity index (χ4n) is 3.84. The van der Waals surface area contributed by atoms with Crippen molar-refractivity contribution < 1.29 is 9.53 Å². The molecule has 0 saturated heterocycles. The third kappa shape index (κ3) is 8.55. The first-order chi connectivity index (χ1) is 15.6. The summed E-state index contributed by atoms with van der Waals surface area (Å²) in [6, 6.07) is 9.92. The second kappa shape index (κ2) is 15.0. The zero-order chi connectivity index (χ0) is 23.2. The average molecular weight is 475 g/mol. The maximum absolute atomic E-state index is 12.6. The van der Waals surface area contributed by atoms with E-state index in [1.807, 2.05) is 37.3 Å². The van der Waals surface area contributed by atoms with Gasteiger partial charge in [0.15, 0.2) is 5.11 Å². The van der Waals surface area contributed by atoms with E-state index in [4.69, 9.17) is 17.0 Å². The van der Waals surface area contributed by atoms with Crippen LogP contribution in [0.1, 0.15) is 86.4 Å². The first-order valence-corrected chi connectivity index (χ1v) is 13.1. The number of unbranched alkanes of at least 4 members (excludes halogenated alkanes) is 9. The Morgan fingerprint density at radius 3 is 2.16 bits per heavy atom. The molecule has 0 fully saturated rings. The molecule has 1 aromatic heterocycles. The number of thiophene rings is 1. The van der Waals surface area contributed by atoms with Gasteiger partial charge in [0.2, 0.25) is 0 Å². The van der Waals surface area contributed by atoms with Gasteiger partial charge < -0.3 is 15.4 Å². The van der Waals surface area contributed by atoms with Gasteiger partial charge in [-0.1, -0.05) is 95.0 Å². The number of rotatable bonds is 14. The van der Waals surface area contributed by atoms with Crippen LogP contribution in [0.3, 0.4) is 0 Å². The van der Waals surface area contributed by atoms with Gasteiger partial charge in [0.05, 0.1) is 7.11 Å². The van der Waals surface area contributed by atoms with Crippen molar-refractivity contribution in [1.82, 2.24) is 5.32 Å². The molecular formula is C26H38N2O2S2. The van der Waals surface area contributed by atoms with Crippen molar-refractivity contribution in [3.8, 4) is 11.1 Å². The van der Waals surface area contributed by atoms with Crippen molar-refractivity contribution in [1.29, 1.82) is 0 Å². The Bertz CT molecular complexity index is 834. The molecule has 1 heterocycles. The summed E-state index contributed by atoms with van der Waals surface area (Å²) in [6.45, 7) is 5.12. The Morgan fingerprint density at radius 1 is 0.969 bits per heavy atom. The van der Waals surface area contributed by atoms with Gasteiger partial charge in [-0.05, 0) is 31.1 Å². The number of hydrogen-bond acceptors (Lipinski definition) is 4. The van der Waals surface area contributed by atoms with Gasteiger partial charge in [-0.15, -0.1) is 11.3 Å². The Morgan fingerprint density at radius 2 is 1.56 bits per heavy atom. The van der Waals surface area contributed by atoms with Crippen LogP contribution in [-0.4, -0.2) is 24.7 Å². The fourth-order valence-corrected chi connectivity index (χ4v) is 5.18. The summed E-state index contributed by atoms with van der Waals surface area (Å²) < 4.78 is 5.07. The van der Waals surface area contributed by atoms with Crippen molar-refractivity contribution in [3.63, 3.8) is 0 Å². The van der Waals surface area contributed by atoms with E-state index in [1.165, 1.54) is 76.2 Å². The molecule has 4 nitrogen and oxygen atoms in total. The molecule has 0 radical (unpaired) electrons. The van der Waals surface area contributed by atoms with Crippen molar-refractivity contribution in [2.75, 3.05) is 19.0 Å². The highest BCUT2D eigenvalue weighted by Crippen LogP contribution is 2.40. The van der Waals surface area contributed by atoms with E-state index in [0.717, 1.165) is 34.0 Å². The second-order valence-corrected chi connectivity index (χ2v) is 9.79. The molecule has 1 aromatic carbocycles. The van der Waals surface area contributed by atoms with Gasteiger partial charge in [0, 0.05) is 17.0 Å². The summed E-state index contributed by atoms with van der Waals surface area (Å²) in [6.07, 6.45) is 13.1. The third-order valence-corrected chi connectivity index (χ3v) is 6.85. The topological polar surface area (TPSA) is 50.4 Å². The van der Waals surface area contributed by atoms with Crippen LogP contribution in [0, 0.1) is 6.92 Å². The van der Waals surface area contributed by atoms with Crippen LogP contribution in [0.4, 0.5) is 5.00 Å². The van der Waals surface area contributed by atoms with Crippen LogP contribution >= 0.6 is 23.6 Å². The van der Waals surface area contributed by atoms with Gasteiger partial charge in [-0.2, -0.15) is 0 Å². The highest BCUT2D eigenvalue weighted by Gasteiger charge is 2.24. The first-order valence-electron chi connectivity index (χ1n) is 11.9. The summed E-state index contributed by atoms with van der Waals surface area (Å²) in [4.78, 5) is 13.6. The zero-order valence-electron chi connectivity index (χ0n) is 19.8. The van der Waals surface area contributed by atoms with Crippen molar-refractivity contribution in [3.05, 3.63) is 40.8 Å². The molecule has 2 rings (SSSR count). The number of benzene rings is 1. The summed E-state index contributed by atoms with van der Waals surface area (Å²) in [5.41, 5.74) is 2.45. The van der Waals surface area contributed by atoms with E-state index >= 15 is 0 Å². The van der Waals surface area contributed by atoms with E-state index in [2.05, 4.69) is 17.6 Å². The molecule has 0 saturated carbocycles. The third-order valence-electron chi connectivity index (χ3n) is 5.58. The number of esters is 1. The minimum Gasteiger partial charge on any atom is -0.465 e. The molecule has 176 valence electrons. The number of aryl methyl sites for hydroxylation is 1. The lowest BCUT2D eigenvalue weighted by Gasteiger charge is -2.11. The molecule has 0 aliphatic carbocycles. The molecule has 0 atom stereocenters. The smallest absolute Gasteiger partial charge is 0.341 e. The number of methoxy groups -OCH3 is 1. The number of ether oxygens (including phenoxy) is 1.